The van der Waals surface area contributed by atoms with Crippen molar-refractivity contribution in [3.63, 3.8) is 0 Å². The Balaban J connectivity index is 2.00. The van der Waals surface area contributed by atoms with Crippen LogP contribution in [-0.2, 0) is 5.88 Å². The molecule has 0 bridgehead atoms. The van der Waals surface area contributed by atoms with Crippen molar-refractivity contribution in [2.75, 3.05) is 11.9 Å². The Hall–Kier alpha value is 0.01000. The average molecular weight is 307 g/mol. The summed E-state index contributed by atoms with van der Waals surface area (Å²) in [5.41, 5.74) is 0. The van der Waals surface area contributed by atoms with Crippen molar-refractivity contribution < 1.29 is 0 Å². The predicted molar refractivity (Wildman–Crippen MR) is 81.1 cm³/mol. The molecule has 1 heterocycles. The minimum absolute atomic E-state index is 0.451. The van der Waals surface area contributed by atoms with Gasteiger partial charge in [0.15, 0.2) is 5.13 Å². The lowest BCUT2D eigenvalue weighted by Gasteiger charge is -2.34. The van der Waals surface area contributed by atoms with Crippen molar-refractivity contribution in [1.82, 2.24) is 4.98 Å². The molecule has 1 fully saturated rings. The van der Waals surface area contributed by atoms with Crippen LogP contribution in [0.25, 0.3) is 0 Å². The molecule has 0 spiro atoms. The van der Waals surface area contributed by atoms with Crippen molar-refractivity contribution in [2.24, 2.45) is 5.92 Å². The van der Waals surface area contributed by atoms with Crippen LogP contribution >= 0.6 is 34.5 Å². The zero-order chi connectivity index (χ0) is 13.1. The van der Waals surface area contributed by atoms with Gasteiger partial charge in [0.1, 0.15) is 5.15 Å². The molecule has 0 saturated heterocycles. The van der Waals surface area contributed by atoms with Crippen LogP contribution in [-0.4, -0.2) is 18.1 Å². The van der Waals surface area contributed by atoms with E-state index in [1.54, 1.807) is 11.3 Å². The molecule has 0 unspecified atom stereocenters. The summed E-state index contributed by atoms with van der Waals surface area (Å²) in [5, 5.41) is 1.58. The van der Waals surface area contributed by atoms with Gasteiger partial charge in [-0.2, -0.15) is 0 Å². The van der Waals surface area contributed by atoms with Gasteiger partial charge in [0.25, 0.3) is 0 Å². The van der Waals surface area contributed by atoms with Crippen molar-refractivity contribution >= 4 is 39.7 Å². The SMILES string of the molecule is CCC1CCC(N(C)c2nc(Cl)c(CCl)s2)CC1. The maximum atomic E-state index is 6.06. The standard InChI is InChI=1S/C13H20Cl2N2S/c1-3-9-4-6-10(7-5-9)17(2)13-16-12(15)11(8-14)18-13/h9-10H,3-8H2,1-2H3. The Morgan fingerprint density at radius 1 is 1.33 bits per heavy atom. The fraction of sp³-hybridized carbons (Fsp3) is 0.769. The molecule has 0 N–H and O–H groups in total. The highest BCUT2D eigenvalue weighted by molar-refractivity contribution is 7.16. The molecule has 0 amide bonds. The molecule has 0 aromatic carbocycles. The molecular weight excluding hydrogens is 287 g/mol. The molecule has 2 rings (SSSR count). The molecule has 0 radical (unpaired) electrons. The highest BCUT2D eigenvalue weighted by Crippen LogP contribution is 2.35. The van der Waals surface area contributed by atoms with Crippen molar-refractivity contribution in [3.8, 4) is 0 Å². The number of nitrogens with zero attached hydrogens (tertiary/aromatic N) is 2. The maximum absolute atomic E-state index is 6.06. The lowest BCUT2D eigenvalue weighted by atomic mass is 9.84. The molecule has 1 aliphatic carbocycles. The van der Waals surface area contributed by atoms with E-state index < -0.39 is 0 Å². The van der Waals surface area contributed by atoms with Gasteiger partial charge in [-0.15, -0.1) is 11.6 Å². The molecule has 1 aliphatic rings. The van der Waals surface area contributed by atoms with E-state index in [-0.39, 0.29) is 0 Å². The van der Waals surface area contributed by atoms with Gasteiger partial charge in [-0.05, 0) is 31.6 Å². The quantitative estimate of drug-likeness (QED) is 0.732. The van der Waals surface area contributed by atoms with Crippen LogP contribution < -0.4 is 4.90 Å². The van der Waals surface area contributed by atoms with Gasteiger partial charge in [-0.25, -0.2) is 4.98 Å². The van der Waals surface area contributed by atoms with Crippen LogP contribution in [0, 0.1) is 5.92 Å². The highest BCUT2D eigenvalue weighted by atomic mass is 35.5. The Kier molecular flexibility index (Phi) is 5.16. The second kappa shape index (κ2) is 6.44. The number of thiazole rings is 1. The lowest BCUT2D eigenvalue weighted by Crippen LogP contribution is -2.35. The first-order valence-corrected chi connectivity index (χ1v) is 8.32. The van der Waals surface area contributed by atoms with E-state index in [0.717, 1.165) is 15.9 Å². The topological polar surface area (TPSA) is 16.1 Å². The lowest BCUT2D eigenvalue weighted by molar-refractivity contribution is 0.313. The Labute approximate surface area is 123 Å². The molecule has 0 aliphatic heterocycles. The third-order valence-corrected chi connectivity index (χ3v) is 6.00. The molecule has 2 nitrogen and oxygen atoms in total. The van der Waals surface area contributed by atoms with E-state index in [9.17, 15) is 0 Å². The molecule has 1 aromatic rings. The van der Waals surface area contributed by atoms with Crippen LogP contribution in [0.4, 0.5) is 5.13 Å². The number of rotatable bonds is 4. The minimum Gasteiger partial charge on any atom is -0.348 e. The summed E-state index contributed by atoms with van der Waals surface area (Å²) >= 11 is 13.5. The van der Waals surface area contributed by atoms with Gasteiger partial charge in [-0.3, -0.25) is 0 Å². The number of hydrogen-bond acceptors (Lipinski definition) is 3. The molecule has 1 aromatic heterocycles. The number of halogens is 2. The second-order valence-electron chi connectivity index (χ2n) is 5.04. The first-order valence-electron chi connectivity index (χ1n) is 6.59. The van der Waals surface area contributed by atoms with E-state index >= 15 is 0 Å². The fourth-order valence-corrected chi connectivity index (χ4v) is 4.16. The van der Waals surface area contributed by atoms with Crippen LogP contribution in [0.5, 0.6) is 0 Å². The highest BCUT2D eigenvalue weighted by Gasteiger charge is 2.25. The summed E-state index contributed by atoms with van der Waals surface area (Å²) in [4.78, 5) is 7.69. The van der Waals surface area contributed by atoms with Crippen molar-refractivity contribution in [2.45, 2.75) is 50.9 Å². The number of anilines is 1. The average Bonchev–Trinajstić information content (AvgIpc) is 2.79. The monoisotopic (exact) mass is 306 g/mol. The van der Waals surface area contributed by atoms with Crippen LogP contribution in [0.3, 0.4) is 0 Å². The zero-order valence-electron chi connectivity index (χ0n) is 11.0. The molecular formula is C13H20Cl2N2S. The minimum atomic E-state index is 0.451. The van der Waals surface area contributed by atoms with E-state index in [4.69, 9.17) is 23.2 Å². The largest absolute Gasteiger partial charge is 0.348 e. The predicted octanol–water partition coefficient (Wildman–Crippen LogP) is 4.94. The Morgan fingerprint density at radius 3 is 2.50 bits per heavy atom. The van der Waals surface area contributed by atoms with Gasteiger partial charge < -0.3 is 4.90 Å². The molecule has 1 saturated carbocycles. The first kappa shape index (κ1) is 14.4. The first-order chi connectivity index (χ1) is 8.65. The van der Waals surface area contributed by atoms with E-state index in [1.165, 1.54) is 32.1 Å². The summed E-state index contributed by atoms with van der Waals surface area (Å²) in [7, 11) is 2.13. The summed E-state index contributed by atoms with van der Waals surface area (Å²) in [6.07, 6.45) is 6.53. The van der Waals surface area contributed by atoms with Gasteiger partial charge in [0.05, 0.1) is 10.8 Å². The summed E-state index contributed by atoms with van der Waals surface area (Å²) in [5.74, 6) is 1.38. The molecule has 0 atom stereocenters. The van der Waals surface area contributed by atoms with Gasteiger partial charge in [-0.1, -0.05) is 36.3 Å². The Morgan fingerprint density at radius 2 is 2.00 bits per heavy atom. The summed E-state index contributed by atoms with van der Waals surface area (Å²) < 4.78 is 0. The van der Waals surface area contributed by atoms with E-state index in [1.807, 2.05) is 0 Å². The zero-order valence-corrected chi connectivity index (χ0v) is 13.3. The summed E-state index contributed by atoms with van der Waals surface area (Å²) in [6, 6.07) is 0.609. The Bertz CT molecular complexity index is 386. The van der Waals surface area contributed by atoms with E-state index in [2.05, 4.69) is 23.9 Å². The molecule has 18 heavy (non-hydrogen) atoms. The normalized spacial score (nSPS) is 24.2. The van der Waals surface area contributed by atoms with Crippen LogP contribution in [0.15, 0.2) is 0 Å². The maximum Gasteiger partial charge on any atom is 0.187 e. The second-order valence-corrected chi connectivity index (χ2v) is 6.73. The van der Waals surface area contributed by atoms with Crippen LogP contribution in [0.1, 0.15) is 43.9 Å². The van der Waals surface area contributed by atoms with Crippen molar-refractivity contribution in [1.29, 1.82) is 0 Å². The van der Waals surface area contributed by atoms with Crippen LogP contribution in [0.2, 0.25) is 5.15 Å². The molecule has 102 valence electrons. The van der Waals surface area contributed by atoms with Crippen molar-refractivity contribution in [3.05, 3.63) is 10.0 Å². The fourth-order valence-electron chi connectivity index (χ4n) is 2.65. The number of alkyl halides is 1. The third kappa shape index (κ3) is 3.12. The van der Waals surface area contributed by atoms with Gasteiger partial charge >= 0.3 is 0 Å². The smallest absolute Gasteiger partial charge is 0.187 e. The molecule has 5 heteroatoms. The summed E-state index contributed by atoms with van der Waals surface area (Å²) in [6.45, 7) is 2.29. The number of hydrogen-bond donors (Lipinski definition) is 0. The number of aromatic nitrogens is 1. The van der Waals surface area contributed by atoms with Gasteiger partial charge in [0.2, 0.25) is 0 Å². The van der Waals surface area contributed by atoms with Gasteiger partial charge in [0, 0.05) is 13.1 Å². The third-order valence-electron chi connectivity index (χ3n) is 4.00. The van der Waals surface area contributed by atoms with E-state index in [0.29, 0.717) is 17.1 Å².